The van der Waals surface area contributed by atoms with Crippen molar-refractivity contribution in [2.75, 3.05) is 25.0 Å². The Balaban J connectivity index is 2.80. The van der Waals surface area contributed by atoms with E-state index in [0.717, 1.165) is 12.5 Å². The molecule has 2 N–H and O–H groups in total. The summed E-state index contributed by atoms with van der Waals surface area (Å²) in [4.78, 5) is 6.58. The normalized spacial score (nSPS) is 12.2. The molecule has 92 valence electrons. The summed E-state index contributed by atoms with van der Waals surface area (Å²) < 4.78 is 2.17. The van der Waals surface area contributed by atoms with Gasteiger partial charge in [0.1, 0.15) is 0 Å². The zero-order valence-electron chi connectivity index (χ0n) is 11.1. The van der Waals surface area contributed by atoms with Crippen LogP contribution >= 0.6 is 0 Å². The second-order valence-corrected chi connectivity index (χ2v) is 5.45. The maximum absolute atomic E-state index is 5.75. The molecule has 4 nitrogen and oxygen atoms in total. The zero-order chi connectivity index (χ0) is 12.3. The van der Waals surface area contributed by atoms with Crippen LogP contribution in [-0.2, 0) is 0 Å². The van der Waals surface area contributed by atoms with E-state index in [1.54, 1.807) is 0 Å². The lowest BCUT2D eigenvalue weighted by Crippen LogP contribution is -2.38. The molecular formula is C12H24N4. The highest BCUT2D eigenvalue weighted by atomic mass is 15.3. The van der Waals surface area contributed by atoms with Crippen LogP contribution in [0.5, 0.6) is 0 Å². The van der Waals surface area contributed by atoms with Gasteiger partial charge in [0.05, 0.1) is 0 Å². The third-order valence-corrected chi connectivity index (χ3v) is 2.76. The molecule has 0 aliphatic heterocycles. The van der Waals surface area contributed by atoms with E-state index >= 15 is 0 Å². The van der Waals surface area contributed by atoms with Crippen molar-refractivity contribution in [1.82, 2.24) is 9.55 Å². The summed E-state index contributed by atoms with van der Waals surface area (Å²) >= 11 is 0. The smallest absolute Gasteiger partial charge is 0.205 e. The van der Waals surface area contributed by atoms with Crippen molar-refractivity contribution in [2.24, 2.45) is 11.1 Å². The number of hydrogen-bond donors (Lipinski definition) is 1. The van der Waals surface area contributed by atoms with Crippen LogP contribution in [0, 0.1) is 5.41 Å². The predicted molar refractivity (Wildman–Crippen MR) is 68.7 cm³/mol. The standard InChI is InChI=1S/C12H24N4/c1-10(2)16-7-6-14-11(16)15(5)9-12(3,4)8-13/h6-7,10H,8-9,13H2,1-5H3. The van der Waals surface area contributed by atoms with E-state index in [1.807, 2.05) is 12.4 Å². The number of anilines is 1. The number of nitrogens with two attached hydrogens (primary N) is 1. The summed E-state index contributed by atoms with van der Waals surface area (Å²) in [6.45, 7) is 10.3. The third kappa shape index (κ3) is 2.98. The summed E-state index contributed by atoms with van der Waals surface area (Å²) in [6.07, 6.45) is 3.87. The molecule has 0 unspecified atom stereocenters. The van der Waals surface area contributed by atoms with Crippen LogP contribution in [0.1, 0.15) is 33.7 Å². The molecule has 1 heterocycles. The molecule has 0 aliphatic carbocycles. The van der Waals surface area contributed by atoms with Crippen LogP contribution in [-0.4, -0.2) is 29.7 Å². The molecule has 16 heavy (non-hydrogen) atoms. The van der Waals surface area contributed by atoms with Gasteiger partial charge in [-0.1, -0.05) is 13.8 Å². The van der Waals surface area contributed by atoms with Gasteiger partial charge in [-0.15, -0.1) is 0 Å². The molecule has 1 aromatic rings. The van der Waals surface area contributed by atoms with Crippen molar-refractivity contribution < 1.29 is 0 Å². The lowest BCUT2D eigenvalue weighted by molar-refractivity contribution is 0.380. The van der Waals surface area contributed by atoms with Gasteiger partial charge in [-0.3, -0.25) is 0 Å². The van der Waals surface area contributed by atoms with Gasteiger partial charge < -0.3 is 15.2 Å². The SMILES string of the molecule is CC(C)n1ccnc1N(C)CC(C)(C)CN. The van der Waals surface area contributed by atoms with Crippen molar-refractivity contribution in [1.29, 1.82) is 0 Å². The van der Waals surface area contributed by atoms with Crippen LogP contribution in [0.2, 0.25) is 0 Å². The first-order valence-corrected chi connectivity index (χ1v) is 5.81. The van der Waals surface area contributed by atoms with Gasteiger partial charge in [-0.25, -0.2) is 4.98 Å². The molecule has 0 atom stereocenters. The van der Waals surface area contributed by atoms with Crippen molar-refractivity contribution in [3.05, 3.63) is 12.4 Å². The summed E-state index contributed by atoms with van der Waals surface area (Å²) in [5, 5.41) is 0. The third-order valence-electron chi connectivity index (χ3n) is 2.76. The average molecular weight is 224 g/mol. The van der Waals surface area contributed by atoms with Crippen molar-refractivity contribution in [3.8, 4) is 0 Å². The Kier molecular flexibility index (Phi) is 3.97. The van der Waals surface area contributed by atoms with Gasteiger partial charge in [0, 0.05) is 32.0 Å². The van der Waals surface area contributed by atoms with E-state index in [4.69, 9.17) is 5.73 Å². The summed E-state index contributed by atoms with van der Waals surface area (Å²) in [6, 6.07) is 0.431. The van der Waals surface area contributed by atoms with Gasteiger partial charge in [-0.2, -0.15) is 0 Å². The van der Waals surface area contributed by atoms with Crippen LogP contribution in [0.3, 0.4) is 0 Å². The molecule has 1 rings (SSSR count). The minimum absolute atomic E-state index is 0.114. The number of nitrogens with zero attached hydrogens (tertiary/aromatic N) is 3. The van der Waals surface area contributed by atoms with Crippen LogP contribution in [0.15, 0.2) is 12.4 Å². The van der Waals surface area contributed by atoms with Crippen LogP contribution in [0.4, 0.5) is 5.95 Å². The first-order chi connectivity index (χ1) is 7.37. The number of imidazole rings is 1. The highest BCUT2D eigenvalue weighted by Gasteiger charge is 2.20. The maximum Gasteiger partial charge on any atom is 0.205 e. The van der Waals surface area contributed by atoms with E-state index < -0.39 is 0 Å². The number of rotatable bonds is 5. The fourth-order valence-corrected chi connectivity index (χ4v) is 1.78. The molecule has 0 saturated carbocycles. The monoisotopic (exact) mass is 224 g/mol. The quantitative estimate of drug-likeness (QED) is 0.830. The van der Waals surface area contributed by atoms with Gasteiger partial charge in [0.25, 0.3) is 0 Å². The van der Waals surface area contributed by atoms with Crippen LogP contribution < -0.4 is 10.6 Å². The fourth-order valence-electron chi connectivity index (χ4n) is 1.78. The topological polar surface area (TPSA) is 47.1 Å². The zero-order valence-corrected chi connectivity index (χ0v) is 11.1. The number of hydrogen-bond acceptors (Lipinski definition) is 3. The van der Waals surface area contributed by atoms with E-state index in [0.29, 0.717) is 12.6 Å². The molecule has 0 amide bonds. The van der Waals surface area contributed by atoms with E-state index in [-0.39, 0.29) is 5.41 Å². The summed E-state index contributed by atoms with van der Waals surface area (Å²) in [7, 11) is 2.07. The van der Waals surface area contributed by atoms with Gasteiger partial charge >= 0.3 is 0 Å². The Labute approximate surface area is 98.5 Å². The predicted octanol–water partition coefficient (Wildman–Crippen LogP) is 1.89. The first-order valence-electron chi connectivity index (χ1n) is 5.81. The van der Waals surface area contributed by atoms with Crippen molar-refractivity contribution in [2.45, 2.75) is 33.7 Å². The molecule has 0 aliphatic rings. The molecule has 0 bridgehead atoms. The lowest BCUT2D eigenvalue weighted by Gasteiger charge is -2.30. The summed E-state index contributed by atoms with van der Waals surface area (Å²) in [5.41, 5.74) is 5.87. The Morgan fingerprint density at radius 1 is 1.50 bits per heavy atom. The summed E-state index contributed by atoms with van der Waals surface area (Å²) in [5.74, 6) is 1.01. The molecule has 0 fully saturated rings. The molecular weight excluding hydrogens is 200 g/mol. The van der Waals surface area contributed by atoms with Gasteiger partial charge in [-0.05, 0) is 25.8 Å². The molecule has 0 radical (unpaired) electrons. The molecule has 0 spiro atoms. The van der Waals surface area contributed by atoms with E-state index in [1.165, 1.54) is 0 Å². The maximum atomic E-state index is 5.75. The molecule has 1 aromatic heterocycles. The lowest BCUT2D eigenvalue weighted by atomic mass is 9.93. The minimum Gasteiger partial charge on any atom is -0.345 e. The van der Waals surface area contributed by atoms with Gasteiger partial charge in [0.15, 0.2) is 0 Å². The van der Waals surface area contributed by atoms with Crippen LogP contribution in [0.25, 0.3) is 0 Å². The van der Waals surface area contributed by atoms with Crippen molar-refractivity contribution in [3.63, 3.8) is 0 Å². The van der Waals surface area contributed by atoms with Crippen molar-refractivity contribution >= 4 is 5.95 Å². The second-order valence-electron chi connectivity index (χ2n) is 5.45. The van der Waals surface area contributed by atoms with E-state index in [9.17, 15) is 0 Å². The Bertz CT molecular complexity index is 328. The number of aromatic nitrogens is 2. The molecule has 0 saturated heterocycles. The Morgan fingerprint density at radius 3 is 2.62 bits per heavy atom. The molecule has 4 heteroatoms. The fraction of sp³-hybridized carbons (Fsp3) is 0.750. The highest BCUT2D eigenvalue weighted by molar-refractivity contribution is 5.30. The highest BCUT2D eigenvalue weighted by Crippen LogP contribution is 2.21. The average Bonchev–Trinajstić information content (AvgIpc) is 2.65. The largest absolute Gasteiger partial charge is 0.345 e. The Morgan fingerprint density at radius 2 is 2.12 bits per heavy atom. The van der Waals surface area contributed by atoms with Gasteiger partial charge in [0.2, 0.25) is 5.95 Å². The second kappa shape index (κ2) is 4.87. The first kappa shape index (κ1) is 13.0. The molecule has 0 aromatic carbocycles. The minimum atomic E-state index is 0.114. The Hall–Kier alpha value is -1.03. The van der Waals surface area contributed by atoms with E-state index in [2.05, 4.69) is 49.2 Å².